The lowest BCUT2D eigenvalue weighted by atomic mass is 10.2. The van der Waals surface area contributed by atoms with Gasteiger partial charge in [0.2, 0.25) is 5.91 Å². The van der Waals surface area contributed by atoms with E-state index >= 15 is 0 Å². The second kappa shape index (κ2) is 6.62. The maximum absolute atomic E-state index is 12.7. The smallest absolute Gasteiger partial charge is 0.272 e. The number of rotatable bonds is 4. The van der Waals surface area contributed by atoms with Crippen molar-refractivity contribution in [2.45, 2.75) is 6.92 Å². The fourth-order valence-electron chi connectivity index (χ4n) is 1.87. The monoisotopic (exact) mass is 300 g/mol. The van der Waals surface area contributed by atoms with Crippen molar-refractivity contribution in [2.75, 3.05) is 5.32 Å². The van der Waals surface area contributed by atoms with Crippen molar-refractivity contribution in [1.29, 1.82) is 0 Å². The number of nitro benzene ring substituents is 1. The summed E-state index contributed by atoms with van der Waals surface area (Å²) in [5.41, 5.74) is 1.62. The molecular weight excluding hydrogens is 287 g/mol. The number of nitrogens with one attached hydrogen (secondary N) is 1. The third-order valence-corrected chi connectivity index (χ3v) is 2.96. The SMILES string of the molecule is Cc1cc(NC(=O)/C=C/c2ccc(F)cc2)ccc1[N+](=O)[O-]. The maximum atomic E-state index is 12.7. The average Bonchev–Trinajstić information content (AvgIpc) is 2.46. The van der Waals surface area contributed by atoms with Crippen LogP contribution in [0.3, 0.4) is 0 Å². The van der Waals surface area contributed by atoms with E-state index in [0.717, 1.165) is 0 Å². The summed E-state index contributed by atoms with van der Waals surface area (Å²) in [5.74, 6) is -0.722. The molecule has 1 amide bonds. The minimum absolute atomic E-state index is 0.000136. The first-order valence-electron chi connectivity index (χ1n) is 6.45. The molecular formula is C16H13FN2O3. The Balaban J connectivity index is 2.04. The van der Waals surface area contributed by atoms with Crippen LogP contribution in [-0.4, -0.2) is 10.8 Å². The molecule has 0 aliphatic rings. The summed E-state index contributed by atoms with van der Waals surface area (Å²) in [4.78, 5) is 22.0. The third kappa shape index (κ3) is 3.99. The number of hydrogen-bond acceptors (Lipinski definition) is 3. The topological polar surface area (TPSA) is 72.2 Å². The first-order valence-corrected chi connectivity index (χ1v) is 6.45. The van der Waals surface area contributed by atoms with Gasteiger partial charge >= 0.3 is 0 Å². The number of carbonyl (C=O) groups is 1. The van der Waals surface area contributed by atoms with Gasteiger partial charge in [0.15, 0.2) is 0 Å². The van der Waals surface area contributed by atoms with Crippen molar-refractivity contribution >= 4 is 23.4 Å². The van der Waals surface area contributed by atoms with Crippen LogP contribution in [0, 0.1) is 22.9 Å². The lowest BCUT2D eigenvalue weighted by molar-refractivity contribution is -0.385. The Kier molecular flexibility index (Phi) is 4.63. The summed E-state index contributed by atoms with van der Waals surface area (Å²) in [7, 11) is 0. The molecule has 5 nitrogen and oxygen atoms in total. The second-order valence-electron chi connectivity index (χ2n) is 4.63. The standard InChI is InChI=1S/C16H13FN2O3/c1-11-10-14(7-8-15(11)19(21)22)18-16(20)9-4-12-2-5-13(17)6-3-12/h2-10H,1H3,(H,18,20)/b9-4+. The quantitative estimate of drug-likeness (QED) is 0.531. The predicted molar refractivity (Wildman–Crippen MR) is 81.9 cm³/mol. The molecule has 0 aromatic heterocycles. The van der Waals surface area contributed by atoms with E-state index in [-0.39, 0.29) is 17.4 Å². The summed E-state index contributed by atoms with van der Waals surface area (Å²) in [6, 6.07) is 10.0. The second-order valence-corrected chi connectivity index (χ2v) is 4.63. The molecule has 0 atom stereocenters. The van der Waals surface area contributed by atoms with Gasteiger partial charge in [0.25, 0.3) is 5.69 Å². The maximum Gasteiger partial charge on any atom is 0.272 e. The van der Waals surface area contributed by atoms with E-state index in [1.807, 2.05) is 0 Å². The number of nitrogens with zero attached hydrogens (tertiary/aromatic N) is 1. The number of halogens is 1. The minimum Gasteiger partial charge on any atom is -0.322 e. The summed E-state index contributed by atoms with van der Waals surface area (Å²) in [6.07, 6.45) is 2.86. The van der Waals surface area contributed by atoms with Gasteiger partial charge in [-0.15, -0.1) is 0 Å². The number of anilines is 1. The van der Waals surface area contributed by atoms with Crippen molar-refractivity contribution in [3.05, 3.63) is 75.6 Å². The predicted octanol–water partition coefficient (Wildman–Crippen LogP) is 3.69. The van der Waals surface area contributed by atoms with E-state index in [2.05, 4.69) is 5.32 Å². The molecule has 0 spiro atoms. The Labute approximate surface area is 126 Å². The highest BCUT2D eigenvalue weighted by Crippen LogP contribution is 2.21. The summed E-state index contributed by atoms with van der Waals surface area (Å²) in [5, 5.41) is 13.3. The molecule has 0 saturated carbocycles. The number of nitro groups is 1. The van der Waals surface area contributed by atoms with Crippen LogP contribution in [0.4, 0.5) is 15.8 Å². The van der Waals surface area contributed by atoms with Crippen LogP contribution in [0.25, 0.3) is 6.08 Å². The van der Waals surface area contributed by atoms with Crippen LogP contribution in [0.5, 0.6) is 0 Å². The normalized spacial score (nSPS) is 10.6. The zero-order valence-corrected chi connectivity index (χ0v) is 11.7. The van der Waals surface area contributed by atoms with Crippen LogP contribution in [-0.2, 0) is 4.79 Å². The summed E-state index contributed by atoms with van der Waals surface area (Å²) < 4.78 is 12.7. The molecule has 0 unspecified atom stereocenters. The number of benzene rings is 2. The Morgan fingerprint density at radius 3 is 2.50 bits per heavy atom. The van der Waals surface area contributed by atoms with Crippen LogP contribution in [0.15, 0.2) is 48.5 Å². The highest BCUT2D eigenvalue weighted by atomic mass is 19.1. The number of hydrogen-bond donors (Lipinski definition) is 1. The molecule has 0 saturated heterocycles. The highest BCUT2D eigenvalue weighted by molar-refractivity contribution is 6.02. The van der Waals surface area contributed by atoms with E-state index in [1.165, 1.54) is 36.4 Å². The fraction of sp³-hybridized carbons (Fsp3) is 0.0625. The first-order chi connectivity index (χ1) is 10.5. The molecule has 1 N–H and O–H groups in total. The van der Waals surface area contributed by atoms with E-state index in [9.17, 15) is 19.3 Å². The van der Waals surface area contributed by atoms with Gasteiger partial charge < -0.3 is 5.32 Å². The summed E-state index contributed by atoms with van der Waals surface area (Å²) >= 11 is 0. The molecule has 2 aromatic carbocycles. The van der Waals surface area contributed by atoms with Gasteiger partial charge in [-0.1, -0.05) is 12.1 Å². The largest absolute Gasteiger partial charge is 0.322 e. The molecule has 0 bridgehead atoms. The molecule has 0 fully saturated rings. The van der Waals surface area contributed by atoms with Crippen LogP contribution in [0.1, 0.15) is 11.1 Å². The molecule has 0 radical (unpaired) electrons. The molecule has 2 aromatic rings. The molecule has 0 aliphatic heterocycles. The van der Waals surface area contributed by atoms with Gasteiger partial charge in [-0.3, -0.25) is 14.9 Å². The summed E-state index contributed by atoms with van der Waals surface area (Å²) in [6.45, 7) is 1.60. The third-order valence-electron chi connectivity index (χ3n) is 2.96. The Bertz CT molecular complexity index is 740. The molecule has 112 valence electrons. The van der Waals surface area contributed by atoms with E-state index in [1.54, 1.807) is 25.1 Å². The molecule has 22 heavy (non-hydrogen) atoms. The van der Waals surface area contributed by atoms with Crippen LogP contribution >= 0.6 is 0 Å². The zero-order chi connectivity index (χ0) is 16.1. The van der Waals surface area contributed by atoms with Crippen molar-refractivity contribution in [1.82, 2.24) is 0 Å². The van der Waals surface area contributed by atoms with Crippen LogP contribution in [0.2, 0.25) is 0 Å². The number of aryl methyl sites for hydroxylation is 1. The zero-order valence-electron chi connectivity index (χ0n) is 11.7. The lowest BCUT2D eigenvalue weighted by Gasteiger charge is -2.04. The van der Waals surface area contributed by atoms with Gasteiger partial charge in [0.1, 0.15) is 5.82 Å². The van der Waals surface area contributed by atoms with Crippen LogP contribution < -0.4 is 5.32 Å². The average molecular weight is 300 g/mol. The van der Waals surface area contributed by atoms with Gasteiger partial charge in [-0.05, 0) is 42.8 Å². The fourth-order valence-corrected chi connectivity index (χ4v) is 1.87. The first kappa shape index (κ1) is 15.4. The minimum atomic E-state index is -0.477. The highest BCUT2D eigenvalue weighted by Gasteiger charge is 2.10. The molecule has 0 heterocycles. The van der Waals surface area contributed by atoms with Crippen molar-refractivity contribution in [3.63, 3.8) is 0 Å². The van der Waals surface area contributed by atoms with Crippen molar-refractivity contribution in [3.8, 4) is 0 Å². The van der Waals surface area contributed by atoms with E-state index < -0.39 is 4.92 Å². The van der Waals surface area contributed by atoms with Gasteiger partial charge in [0, 0.05) is 23.4 Å². The van der Waals surface area contributed by atoms with Crippen molar-refractivity contribution in [2.24, 2.45) is 0 Å². The molecule has 6 heteroatoms. The Hall–Kier alpha value is -3.02. The lowest BCUT2D eigenvalue weighted by Crippen LogP contribution is -2.08. The van der Waals surface area contributed by atoms with Gasteiger partial charge in [-0.25, -0.2) is 4.39 Å². The van der Waals surface area contributed by atoms with E-state index in [4.69, 9.17) is 0 Å². The number of amides is 1. The number of carbonyl (C=O) groups excluding carboxylic acids is 1. The van der Waals surface area contributed by atoms with Gasteiger partial charge in [-0.2, -0.15) is 0 Å². The Morgan fingerprint density at radius 1 is 1.23 bits per heavy atom. The molecule has 0 aliphatic carbocycles. The molecule has 2 rings (SSSR count). The Morgan fingerprint density at radius 2 is 1.91 bits per heavy atom. The van der Waals surface area contributed by atoms with Crippen molar-refractivity contribution < 1.29 is 14.1 Å². The van der Waals surface area contributed by atoms with Gasteiger partial charge in [0.05, 0.1) is 4.92 Å². The van der Waals surface area contributed by atoms with E-state index in [0.29, 0.717) is 16.8 Å².